The average Bonchev–Trinajstić information content (AvgIpc) is 2.76. The first-order valence-electron chi connectivity index (χ1n) is 9.59. The second-order valence-electron chi connectivity index (χ2n) is 7.32. The topological polar surface area (TPSA) is 66.5 Å². The molecular weight excluding hydrogens is 443 g/mol. The monoisotopic (exact) mass is 462 g/mol. The van der Waals surface area contributed by atoms with Crippen LogP contribution in [0.3, 0.4) is 0 Å². The molecule has 1 fully saturated rings. The maximum atomic E-state index is 13.2. The van der Waals surface area contributed by atoms with Crippen LogP contribution in [0.25, 0.3) is 10.8 Å². The largest absolute Gasteiger partial charge is 0.324 e. The molecule has 3 aromatic rings. The fourth-order valence-electron chi connectivity index (χ4n) is 3.68. The van der Waals surface area contributed by atoms with Gasteiger partial charge in [0.25, 0.3) is 0 Å². The van der Waals surface area contributed by atoms with E-state index < -0.39 is 15.9 Å². The number of nitrogens with zero attached hydrogens (tertiary/aromatic N) is 1. The lowest BCUT2D eigenvalue weighted by atomic mass is 9.99. The Morgan fingerprint density at radius 3 is 2.57 bits per heavy atom. The lowest BCUT2D eigenvalue weighted by molar-refractivity contribution is -0.120. The van der Waals surface area contributed by atoms with E-state index >= 15 is 0 Å². The maximum Gasteiger partial charge on any atom is 0.243 e. The van der Waals surface area contributed by atoms with Gasteiger partial charge in [0.05, 0.1) is 21.5 Å². The molecule has 0 radical (unpaired) electrons. The summed E-state index contributed by atoms with van der Waals surface area (Å²) in [4.78, 5) is 13.0. The van der Waals surface area contributed by atoms with Crippen molar-refractivity contribution in [2.75, 3.05) is 18.4 Å². The summed E-state index contributed by atoms with van der Waals surface area (Å²) in [6.07, 6.45) is 1.21. The second-order valence-corrected chi connectivity index (χ2v) is 10.1. The van der Waals surface area contributed by atoms with E-state index in [-0.39, 0.29) is 17.3 Å². The van der Waals surface area contributed by atoms with Gasteiger partial charge >= 0.3 is 0 Å². The first-order chi connectivity index (χ1) is 14.3. The number of halogens is 2. The summed E-state index contributed by atoms with van der Waals surface area (Å²) < 4.78 is 27.8. The molecule has 30 heavy (non-hydrogen) atoms. The van der Waals surface area contributed by atoms with Crippen molar-refractivity contribution in [2.24, 2.45) is 5.92 Å². The third kappa shape index (κ3) is 4.32. The quantitative estimate of drug-likeness (QED) is 0.580. The van der Waals surface area contributed by atoms with Gasteiger partial charge in [-0.1, -0.05) is 53.5 Å². The Morgan fingerprint density at radius 2 is 1.77 bits per heavy atom. The van der Waals surface area contributed by atoms with E-state index in [9.17, 15) is 13.2 Å². The SMILES string of the molecule is O=C(Nc1cc(Cl)ccc1Cl)[C@@H]1CCCN(S(=O)(=O)c2ccc3ccccc3c2)C1. The van der Waals surface area contributed by atoms with E-state index in [1.807, 2.05) is 24.3 Å². The van der Waals surface area contributed by atoms with Crippen molar-refractivity contribution >= 4 is 55.6 Å². The molecule has 0 bridgehead atoms. The summed E-state index contributed by atoms with van der Waals surface area (Å²) in [6, 6.07) is 17.5. The first-order valence-corrected chi connectivity index (χ1v) is 11.8. The number of hydrogen-bond donors (Lipinski definition) is 1. The Hall–Kier alpha value is -2.12. The number of anilines is 1. The highest BCUT2D eigenvalue weighted by Gasteiger charge is 2.33. The van der Waals surface area contributed by atoms with Crippen molar-refractivity contribution in [2.45, 2.75) is 17.7 Å². The Bertz CT molecular complexity index is 1210. The lowest BCUT2D eigenvalue weighted by Gasteiger charge is -2.31. The number of amides is 1. The molecule has 4 rings (SSSR count). The van der Waals surface area contributed by atoms with Crippen LogP contribution in [0.1, 0.15) is 12.8 Å². The number of sulfonamides is 1. The molecule has 3 aromatic carbocycles. The molecule has 8 heteroatoms. The van der Waals surface area contributed by atoms with Crippen LogP contribution in [0.4, 0.5) is 5.69 Å². The van der Waals surface area contributed by atoms with Crippen molar-refractivity contribution in [3.63, 3.8) is 0 Å². The van der Waals surface area contributed by atoms with Gasteiger partial charge in [0, 0.05) is 18.1 Å². The second kappa shape index (κ2) is 8.55. The molecule has 0 spiro atoms. The number of hydrogen-bond acceptors (Lipinski definition) is 3. The highest BCUT2D eigenvalue weighted by Crippen LogP contribution is 2.29. The molecule has 0 unspecified atom stereocenters. The molecule has 1 heterocycles. The van der Waals surface area contributed by atoms with Gasteiger partial charge in [-0.2, -0.15) is 4.31 Å². The van der Waals surface area contributed by atoms with E-state index in [2.05, 4.69) is 5.32 Å². The third-order valence-corrected chi connectivity index (χ3v) is 7.73. The Balaban J connectivity index is 1.53. The molecule has 1 N–H and O–H groups in total. The molecule has 156 valence electrons. The molecule has 1 aliphatic rings. The molecule has 1 atom stereocenters. The number of fused-ring (bicyclic) bond motifs is 1. The van der Waals surface area contributed by atoms with Crippen molar-refractivity contribution in [3.05, 3.63) is 70.7 Å². The highest BCUT2D eigenvalue weighted by atomic mass is 35.5. The molecular formula is C22H20Cl2N2O3S. The van der Waals surface area contributed by atoms with Gasteiger partial charge in [0.1, 0.15) is 0 Å². The average molecular weight is 463 g/mol. The minimum absolute atomic E-state index is 0.124. The summed E-state index contributed by atoms with van der Waals surface area (Å²) in [6.45, 7) is 0.510. The van der Waals surface area contributed by atoms with E-state index in [0.29, 0.717) is 35.1 Å². The van der Waals surface area contributed by atoms with Crippen LogP contribution in [-0.2, 0) is 14.8 Å². The van der Waals surface area contributed by atoms with Crippen LogP contribution in [0, 0.1) is 5.92 Å². The van der Waals surface area contributed by atoms with E-state index in [1.165, 1.54) is 4.31 Å². The standard InChI is InChI=1S/C22H20Cl2N2O3S/c23-18-8-10-20(24)21(13-18)25-22(27)17-6-3-11-26(14-17)30(28,29)19-9-7-15-4-1-2-5-16(15)12-19/h1-2,4-5,7-10,12-13,17H,3,6,11,14H2,(H,25,27)/t17-/m1/s1. The molecule has 0 aromatic heterocycles. The molecule has 5 nitrogen and oxygen atoms in total. The van der Waals surface area contributed by atoms with Crippen LogP contribution in [0.15, 0.2) is 65.6 Å². The molecule has 1 saturated heterocycles. The molecule has 0 aliphatic carbocycles. The molecule has 0 saturated carbocycles. The Kier molecular flexibility index (Phi) is 6.02. The summed E-state index contributed by atoms with van der Waals surface area (Å²) in [7, 11) is -3.70. The smallest absolute Gasteiger partial charge is 0.243 e. The van der Waals surface area contributed by atoms with Crippen LogP contribution in [0.2, 0.25) is 10.0 Å². The van der Waals surface area contributed by atoms with E-state index in [1.54, 1.807) is 36.4 Å². The number of carbonyl (C=O) groups is 1. The predicted octanol–water partition coefficient (Wildman–Crippen LogP) is 5.19. The van der Waals surface area contributed by atoms with Crippen LogP contribution in [0.5, 0.6) is 0 Å². The molecule has 1 aliphatic heterocycles. The van der Waals surface area contributed by atoms with Crippen LogP contribution >= 0.6 is 23.2 Å². The van der Waals surface area contributed by atoms with Gasteiger partial charge in [0.2, 0.25) is 15.9 Å². The number of rotatable bonds is 4. The first kappa shape index (κ1) is 21.1. The fourth-order valence-corrected chi connectivity index (χ4v) is 5.58. The van der Waals surface area contributed by atoms with Gasteiger partial charge in [-0.05, 0) is 53.9 Å². The van der Waals surface area contributed by atoms with Gasteiger partial charge in [-0.3, -0.25) is 4.79 Å². The zero-order valence-electron chi connectivity index (χ0n) is 16.0. The minimum atomic E-state index is -3.70. The summed E-state index contributed by atoms with van der Waals surface area (Å²) >= 11 is 12.1. The minimum Gasteiger partial charge on any atom is -0.324 e. The lowest BCUT2D eigenvalue weighted by Crippen LogP contribution is -2.43. The van der Waals surface area contributed by atoms with Crippen molar-refractivity contribution < 1.29 is 13.2 Å². The Morgan fingerprint density at radius 1 is 1.00 bits per heavy atom. The van der Waals surface area contributed by atoms with Crippen molar-refractivity contribution in [1.82, 2.24) is 4.31 Å². The number of carbonyl (C=O) groups excluding carboxylic acids is 1. The van der Waals surface area contributed by atoms with Crippen molar-refractivity contribution in [1.29, 1.82) is 0 Å². The van der Waals surface area contributed by atoms with Crippen LogP contribution < -0.4 is 5.32 Å². The molecule has 1 amide bonds. The van der Waals surface area contributed by atoms with E-state index in [4.69, 9.17) is 23.2 Å². The number of piperidine rings is 1. The number of benzene rings is 3. The number of nitrogens with one attached hydrogen (secondary N) is 1. The summed E-state index contributed by atoms with van der Waals surface area (Å²) in [5.41, 5.74) is 0.420. The maximum absolute atomic E-state index is 13.2. The van der Waals surface area contributed by atoms with E-state index in [0.717, 1.165) is 10.8 Å². The fraction of sp³-hybridized carbons (Fsp3) is 0.227. The normalized spacial score (nSPS) is 17.7. The zero-order chi connectivity index (χ0) is 21.3. The zero-order valence-corrected chi connectivity index (χ0v) is 18.3. The van der Waals surface area contributed by atoms with Gasteiger partial charge in [-0.15, -0.1) is 0 Å². The third-order valence-electron chi connectivity index (χ3n) is 5.30. The highest BCUT2D eigenvalue weighted by molar-refractivity contribution is 7.89. The van der Waals surface area contributed by atoms with Crippen molar-refractivity contribution in [3.8, 4) is 0 Å². The van der Waals surface area contributed by atoms with Gasteiger partial charge < -0.3 is 5.32 Å². The predicted molar refractivity (Wildman–Crippen MR) is 121 cm³/mol. The summed E-state index contributed by atoms with van der Waals surface area (Å²) in [5, 5.41) is 5.46. The summed E-state index contributed by atoms with van der Waals surface area (Å²) in [5.74, 6) is -0.735. The van der Waals surface area contributed by atoms with Gasteiger partial charge in [-0.25, -0.2) is 8.42 Å². The van der Waals surface area contributed by atoms with Gasteiger partial charge in [0.15, 0.2) is 0 Å². The van der Waals surface area contributed by atoms with Crippen LogP contribution in [-0.4, -0.2) is 31.7 Å². The Labute approximate surface area is 185 Å².